The summed E-state index contributed by atoms with van der Waals surface area (Å²) < 4.78 is 0. The third-order valence-electron chi connectivity index (χ3n) is 2.35. The fraction of sp³-hybridized carbons (Fsp3) is 0.667. The van der Waals surface area contributed by atoms with Crippen molar-refractivity contribution in [3.05, 3.63) is 18.1 Å². The Morgan fingerprint density at radius 2 is 2.06 bits per heavy atom. The van der Waals surface area contributed by atoms with Crippen molar-refractivity contribution in [2.45, 2.75) is 33.2 Å². The summed E-state index contributed by atoms with van der Waals surface area (Å²) >= 11 is 0. The Balaban J connectivity index is 2.56. The molecule has 0 radical (unpaired) electrons. The van der Waals surface area contributed by atoms with Gasteiger partial charge in [-0.25, -0.2) is 4.98 Å². The average Bonchev–Trinajstić information content (AvgIpc) is 2.30. The Labute approximate surface area is 98.1 Å². The molecule has 1 heterocycles. The maximum atomic E-state index is 4.56. The standard InChI is InChI=1S/C12H22N4/c1-4-6-13-8-11-9-14-10-12(15-11)16(3)7-5-2/h9-10,13H,4-8H2,1-3H3. The number of rotatable bonds is 7. The van der Waals surface area contributed by atoms with Crippen molar-refractivity contribution < 1.29 is 0 Å². The Kier molecular flexibility index (Phi) is 5.78. The lowest BCUT2D eigenvalue weighted by molar-refractivity contribution is 0.660. The molecule has 0 saturated carbocycles. The molecular formula is C12H22N4. The van der Waals surface area contributed by atoms with Crippen LogP contribution in [0.2, 0.25) is 0 Å². The Morgan fingerprint density at radius 3 is 2.75 bits per heavy atom. The van der Waals surface area contributed by atoms with Crippen LogP contribution in [0.4, 0.5) is 5.82 Å². The molecule has 0 bridgehead atoms. The molecule has 0 unspecified atom stereocenters. The van der Waals surface area contributed by atoms with E-state index in [0.717, 1.165) is 44.0 Å². The molecule has 0 spiro atoms. The molecule has 0 aliphatic heterocycles. The molecule has 0 aliphatic carbocycles. The fourth-order valence-electron chi connectivity index (χ4n) is 1.51. The minimum absolute atomic E-state index is 0.800. The molecule has 90 valence electrons. The minimum Gasteiger partial charge on any atom is -0.358 e. The van der Waals surface area contributed by atoms with Gasteiger partial charge in [-0.1, -0.05) is 13.8 Å². The summed E-state index contributed by atoms with van der Waals surface area (Å²) in [6.45, 7) is 7.16. The van der Waals surface area contributed by atoms with Crippen LogP contribution in [0.5, 0.6) is 0 Å². The summed E-state index contributed by atoms with van der Waals surface area (Å²) in [5, 5.41) is 3.33. The van der Waals surface area contributed by atoms with Crippen molar-refractivity contribution >= 4 is 5.82 Å². The van der Waals surface area contributed by atoms with Crippen LogP contribution < -0.4 is 10.2 Å². The van der Waals surface area contributed by atoms with Crippen LogP contribution >= 0.6 is 0 Å². The average molecular weight is 222 g/mol. The lowest BCUT2D eigenvalue weighted by atomic mass is 10.4. The topological polar surface area (TPSA) is 41.1 Å². The molecule has 0 fully saturated rings. The molecule has 1 aromatic heterocycles. The molecule has 1 aromatic rings. The van der Waals surface area contributed by atoms with Gasteiger partial charge in [0.15, 0.2) is 0 Å². The molecule has 4 heteroatoms. The van der Waals surface area contributed by atoms with Crippen molar-refractivity contribution in [1.82, 2.24) is 15.3 Å². The highest BCUT2D eigenvalue weighted by molar-refractivity contribution is 5.34. The van der Waals surface area contributed by atoms with E-state index in [-0.39, 0.29) is 0 Å². The highest BCUT2D eigenvalue weighted by Gasteiger charge is 2.02. The number of nitrogens with one attached hydrogen (secondary N) is 1. The van der Waals surface area contributed by atoms with E-state index in [0.29, 0.717) is 0 Å². The van der Waals surface area contributed by atoms with Gasteiger partial charge in [-0.2, -0.15) is 0 Å². The molecular weight excluding hydrogens is 200 g/mol. The molecule has 1 N–H and O–H groups in total. The summed E-state index contributed by atoms with van der Waals surface area (Å²) in [6.07, 6.45) is 5.91. The van der Waals surface area contributed by atoms with E-state index in [1.54, 1.807) is 0 Å². The fourth-order valence-corrected chi connectivity index (χ4v) is 1.51. The summed E-state index contributed by atoms with van der Waals surface area (Å²) in [5.41, 5.74) is 1.01. The lowest BCUT2D eigenvalue weighted by Crippen LogP contribution is -2.21. The Morgan fingerprint density at radius 1 is 1.25 bits per heavy atom. The van der Waals surface area contributed by atoms with Crippen molar-refractivity contribution in [2.75, 3.05) is 25.0 Å². The van der Waals surface area contributed by atoms with Crippen LogP contribution in [-0.4, -0.2) is 30.1 Å². The smallest absolute Gasteiger partial charge is 0.147 e. The van der Waals surface area contributed by atoms with Gasteiger partial charge in [0.25, 0.3) is 0 Å². The summed E-state index contributed by atoms with van der Waals surface area (Å²) in [4.78, 5) is 10.9. The van der Waals surface area contributed by atoms with Gasteiger partial charge in [-0.05, 0) is 19.4 Å². The highest BCUT2D eigenvalue weighted by atomic mass is 15.2. The SMILES string of the molecule is CCCNCc1cncc(N(C)CCC)n1. The second-order valence-electron chi connectivity index (χ2n) is 3.97. The summed E-state index contributed by atoms with van der Waals surface area (Å²) in [6, 6.07) is 0. The number of hydrogen-bond donors (Lipinski definition) is 1. The first-order valence-electron chi connectivity index (χ1n) is 6.00. The van der Waals surface area contributed by atoms with Crippen LogP contribution in [0.1, 0.15) is 32.4 Å². The predicted molar refractivity (Wildman–Crippen MR) is 67.6 cm³/mol. The van der Waals surface area contributed by atoms with E-state index in [1.807, 2.05) is 12.4 Å². The van der Waals surface area contributed by atoms with Crippen LogP contribution in [0.15, 0.2) is 12.4 Å². The van der Waals surface area contributed by atoms with Crippen molar-refractivity contribution in [1.29, 1.82) is 0 Å². The zero-order valence-electron chi connectivity index (χ0n) is 10.5. The van der Waals surface area contributed by atoms with Gasteiger partial charge in [0, 0.05) is 26.3 Å². The first kappa shape index (κ1) is 12.9. The van der Waals surface area contributed by atoms with Gasteiger partial charge in [0.2, 0.25) is 0 Å². The monoisotopic (exact) mass is 222 g/mol. The second kappa shape index (κ2) is 7.17. The van der Waals surface area contributed by atoms with Crippen LogP contribution in [-0.2, 0) is 6.54 Å². The molecule has 0 aliphatic rings. The van der Waals surface area contributed by atoms with E-state index in [1.165, 1.54) is 0 Å². The predicted octanol–water partition coefficient (Wildman–Crippen LogP) is 1.82. The molecule has 1 rings (SSSR count). The van der Waals surface area contributed by atoms with Crippen molar-refractivity contribution in [3.63, 3.8) is 0 Å². The third-order valence-corrected chi connectivity index (χ3v) is 2.35. The molecule has 0 atom stereocenters. The van der Waals surface area contributed by atoms with Gasteiger partial charge in [-0.3, -0.25) is 4.98 Å². The van der Waals surface area contributed by atoms with E-state index in [9.17, 15) is 0 Å². The summed E-state index contributed by atoms with van der Waals surface area (Å²) in [5.74, 6) is 0.956. The molecule has 4 nitrogen and oxygen atoms in total. The first-order chi connectivity index (χ1) is 7.77. The van der Waals surface area contributed by atoms with E-state index >= 15 is 0 Å². The zero-order valence-corrected chi connectivity index (χ0v) is 10.5. The van der Waals surface area contributed by atoms with Crippen LogP contribution in [0, 0.1) is 0 Å². The number of nitrogens with zero attached hydrogens (tertiary/aromatic N) is 3. The second-order valence-corrected chi connectivity index (χ2v) is 3.97. The zero-order chi connectivity index (χ0) is 11.8. The maximum Gasteiger partial charge on any atom is 0.147 e. The summed E-state index contributed by atoms with van der Waals surface area (Å²) in [7, 11) is 2.05. The Hall–Kier alpha value is -1.16. The number of aromatic nitrogens is 2. The normalized spacial score (nSPS) is 10.4. The van der Waals surface area contributed by atoms with E-state index in [2.05, 4.69) is 41.1 Å². The lowest BCUT2D eigenvalue weighted by Gasteiger charge is -2.17. The van der Waals surface area contributed by atoms with Crippen LogP contribution in [0.3, 0.4) is 0 Å². The van der Waals surface area contributed by atoms with E-state index < -0.39 is 0 Å². The quantitative estimate of drug-likeness (QED) is 0.715. The van der Waals surface area contributed by atoms with Crippen molar-refractivity contribution in [2.24, 2.45) is 0 Å². The van der Waals surface area contributed by atoms with Crippen molar-refractivity contribution in [3.8, 4) is 0 Å². The first-order valence-corrected chi connectivity index (χ1v) is 6.00. The number of anilines is 1. The largest absolute Gasteiger partial charge is 0.358 e. The molecule has 0 amide bonds. The van der Waals surface area contributed by atoms with Gasteiger partial charge in [0.1, 0.15) is 5.82 Å². The number of hydrogen-bond acceptors (Lipinski definition) is 4. The third kappa shape index (κ3) is 4.14. The van der Waals surface area contributed by atoms with Gasteiger partial charge >= 0.3 is 0 Å². The van der Waals surface area contributed by atoms with Crippen LogP contribution in [0.25, 0.3) is 0 Å². The Bertz CT molecular complexity index is 301. The molecule has 0 saturated heterocycles. The van der Waals surface area contributed by atoms with Gasteiger partial charge in [0.05, 0.1) is 11.9 Å². The van der Waals surface area contributed by atoms with E-state index in [4.69, 9.17) is 0 Å². The molecule has 0 aromatic carbocycles. The van der Waals surface area contributed by atoms with Gasteiger partial charge in [-0.15, -0.1) is 0 Å². The maximum absolute atomic E-state index is 4.56. The minimum atomic E-state index is 0.800. The molecule has 16 heavy (non-hydrogen) atoms. The highest BCUT2D eigenvalue weighted by Crippen LogP contribution is 2.07. The van der Waals surface area contributed by atoms with Gasteiger partial charge < -0.3 is 10.2 Å².